The van der Waals surface area contributed by atoms with Gasteiger partial charge in [-0.1, -0.05) is 79.7 Å². The molecule has 0 bridgehead atoms. The summed E-state index contributed by atoms with van der Waals surface area (Å²) >= 11 is 0. The fraction of sp³-hybridized carbons (Fsp3) is 0.278. The molecule has 214 valence electrons. The molecule has 4 aromatic carbocycles. The highest BCUT2D eigenvalue weighted by Gasteiger charge is 2.34. The molecule has 1 N–H and O–H groups in total. The average Bonchev–Trinajstić information content (AvgIpc) is 3.32. The Morgan fingerprint density at radius 2 is 1.74 bits per heavy atom. The van der Waals surface area contributed by atoms with E-state index in [-0.39, 0.29) is 17.8 Å². The lowest BCUT2D eigenvalue weighted by Gasteiger charge is -2.36. The number of aryl methyl sites for hydroxylation is 1. The number of aliphatic carboxylic acids is 1. The van der Waals surface area contributed by atoms with Gasteiger partial charge in [-0.25, -0.2) is 9.18 Å². The van der Waals surface area contributed by atoms with Gasteiger partial charge in [-0.3, -0.25) is 4.79 Å². The number of hydrogen-bond donors (Lipinski definition) is 1. The van der Waals surface area contributed by atoms with E-state index < -0.39 is 12.0 Å². The number of carbonyl (C=O) groups is 2. The second kappa shape index (κ2) is 11.8. The minimum atomic E-state index is -0.891. The number of carboxylic acids is 1. The van der Waals surface area contributed by atoms with Crippen LogP contribution in [0.3, 0.4) is 0 Å². The van der Waals surface area contributed by atoms with Crippen molar-refractivity contribution < 1.29 is 19.1 Å². The Balaban J connectivity index is 1.38. The third kappa shape index (κ3) is 5.29. The zero-order valence-electron chi connectivity index (χ0n) is 23.8. The van der Waals surface area contributed by atoms with Gasteiger partial charge < -0.3 is 14.6 Å². The first kappa shape index (κ1) is 27.7. The SMILES string of the molecule is CCC(C(=O)O)n1c2c(c3cc(F)ccc31)C[C@@H](N(Cc1cccc3ccccc13)C(=O)CCc1ccccc1)CC2. The molecule has 5 nitrogen and oxygen atoms in total. The van der Waals surface area contributed by atoms with Crippen LogP contribution in [0.4, 0.5) is 4.39 Å². The van der Waals surface area contributed by atoms with Crippen molar-refractivity contribution in [2.45, 2.75) is 64.1 Å². The second-order valence-corrected chi connectivity index (χ2v) is 11.3. The van der Waals surface area contributed by atoms with Crippen molar-refractivity contribution in [1.29, 1.82) is 0 Å². The van der Waals surface area contributed by atoms with Crippen LogP contribution in [0.2, 0.25) is 0 Å². The van der Waals surface area contributed by atoms with Gasteiger partial charge in [-0.2, -0.15) is 0 Å². The zero-order chi connectivity index (χ0) is 29.2. The number of amides is 1. The third-order valence-electron chi connectivity index (χ3n) is 8.77. The van der Waals surface area contributed by atoms with Gasteiger partial charge in [0.05, 0.1) is 0 Å². The van der Waals surface area contributed by atoms with Gasteiger partial charge in [-0.15, -0.1) is 0 Å². The van der Waals surface area contributed by atoms with Gasteiger partial charge >= 0.3 is 5.97 Å². The predicted molar refractivity (Wildman–Crippen MR) is 164 cm³/mol. The monoisotopic (exact) mass is 562 g/mol. The Bertz CT molecular complexity index is 1760. The third-order valence-corrected chi connectivity index (χ3v) is 8.77. The molecule has 1 aliphatic carbocycles. The largest absolute Gasteiger partial charge is 0.480 e. The average molecular weight is 563 g/mol. The van der Waals surface area contributed by atoms with Gasteiger partial charge in [-0.05, 0) is 77.8 Å². The van der Waals surface area contributed by atoms with Crippen LogP contribution in [0.25, 0.3) is 21.7 Å². The van der Waals surface area contributed by atoms with E-state index in [0.717, 1.165) is 44.1 Å². The summed E-state index contributed by atoms with van der Waals surface area (Å²) in [5, 5.41) is 13.0. The lowest BCUT2D eigenvalue weighted by atomic mass is 9.89. The molecule has 5 aromatic rings. The van der Waals surface area contributed by atoms with Crippen LogP contribution in [-0.2, 0) is 35.4 Å². The maximum absolute atomic E-state index is 14.5. The maximum atomic E-state index is 14.5. The molecule has 1 aromatic heterocycles. The molecule has 6 rings (SSSR count). The molecule has 0 spiro atoms. The fourth-order valence-corrected chi connectivity index (χ4v) is 6.71. The molecule has 1 heterocycles. The number of benzene rings is 4. The molecule has 0 fully saturated rings. The number of halogens is 1. The van der Waals surface area contributed by atoms with Crippen LogP contribution < -0.4 is 0 Å². The molecule has 2 atom stereocenters. The Kier molecular flexibility index (Phi) is 7.79. The van der Waals surface area contributed by atoms with E-state index in [9.17, 15) is 19.1 Å². The molecule has 0 saturated carbocycles. The first-order chi connectivity index (χ1) is 20.4. The normalized spacial score (nSPS) is 15.4. The van der Waals surface area contributed by atoms with Gasteiger partial charge in [0.15, 0.2) is 0 Å². The second-order valence-electron chi connectivity index (χ2n) is 11.3. The molecule has 0 radical (unpaired) electrons. The van der Waals surface area contributed by atoms with Gasteiger partial charge in [0.2, 0.25) is 5.91 Å². The minimum absolute atomic E-state index is 0.0899. The van der Waals surface area contributed by atoms with E-state index in [2.05, 4.69) is 24.3 Å². The molecule has 1 amide bonds. The lowest BCUT2D eigenvalue weighted by molar-refractivity contribution is -0.141. The van der Waals surface area contributed by atoms with Crippen LogP contribution >= 0.6 is 0 Å². The Morgan fingerprint density at radius 1 is 0.976 bits per heavy atom. The van der Waals surface area contributed by atoms with E-state index >= 15 is 0 Å². The summed E-state index contributed by atoms with van der Waals surface area (Å²) in [4.78, 5) is 28.3. The number of carboxylic acid groups (broad SMARTS) is 1. The van der Waals surface area contributed by atoms with Gasteiger partial charge in [0.25, 0.3) is 0 Å². The Morgan fingerprint density at radius 3 is 2.52 bits per heavy atom. The maximum Gasteiger partial charge on any atom is 0.326 e. The fourth-order valence-electron chi connectivity index (χ4n) is 6.71. The number of hydrogen-bond acceptors (Lipinski definition) is 2. The van der Waals surface area contributed by atoms with Crippen molar-refractivity contribution in [3.05, 3.63) is 119 Å². The summed E-state index contributed by atoms with van der Waals surface area (Å²) in [6, 6.07) is 28.3. The summed E-state index contributed by atoms with van der Waals surface area (Å²) in [6.07, 6.45) is 3.37. The summed E-state index contributed by atoms with van der Waals surface area (Å²) in [5.41, 5.74) is 4.87. The highest BCUT2D eigenvalue weighted by Crippen LogP contribution is 2.38. The van der Waals surface area contributed by atoms with Crippen LogP contribution in [0.1, 0.15) is 54.6 Å². The number of rotatable bonds is 9. The van der Waals surface area contributed by atoms with Crippen molar-refractivity contribution in [2.75, 3.05) is 0 Å². The van der Waals surface area contributed by atoms with Crippen molar-refractivity contribution in [3.8, 4) is 0 Å². The van der Waals surface area contributed by atoms with Crippen LogP contribution in [0.5, 0.6) is 0 Å². The minimum Gasteiger partial charge on any atom is -0.480 e. The Labute approximate surface area is 245 Å². The smallest absolute Gasteiger partial charge is 0.326 e. The molecule has 6 heteroatoms. The molecular weight excluding hydrogens is 527 g/mol. The van der Waals surface area contributed by atoms with Crippen molar-refractivity contribution in [3.63, 3.8) is 0 Å². The molecule has 0 aliphatic heterocycles. The van der Waals surface area contributed by atoms with Crippen molar-refractivity contribution in [1.82, 2.24) is 9.47 Å². The summed E-state index contributed by atoms with van der Waals surface area (Å²) in [7, 11) is 0. The molecule has 1 unspecified atom stereocenters. The molecule has 1 aliphatic rings. The zero-order valence-corrected chi connectivity index (χ0v) is 23.8. The topological polar surface area (TPSA) is 62.5 Å². The van der Waals surface area contributed by atoms with Gasteiger partial charge in [0, 0.05) is 35.6 Å². The van der Waals surface area contributed by atoms with Crippen molar-refractivity contribution in [2.24, 2.45) is 0 Å². The van der Waals surface area contributed by atoms with Gasteiger partial charge in [0.1, 0.15) is 11.9 Å². The summed E-state index contributed by atoms with van der Waals surface area (Å²) < 4.78 is 16.4. The standard InChI is InChI=1S/C36H35FN2O3/c1-2-32(36(41)42)39-33-18-16-27(37)21-30(33)31-22-28(17-19-34(31)39)38(35(40)20-15-24-9-4-3-5-10-24)23-26-13-8-12-25-11-6-7-14-29(25)26/h3-14,16,18,21,28,32H,2,15,17,19-20,22-23H2,1H3,(H,41,42)/t28-,32?/m0/s1. The van der Waals surface area contributed by atoms with E-state index in [1.54, 1.807) is 6.07 Å². The summed E-state index contributed by atoms with van der Waals surface area (Å²) in [5.74, 6) is -1.15. The summed E-state index contributed by atoms with van der Waals surface area (Å²) in [6.45, 7) is 2.35. The number of nitrogens with zero attached hydrogens (tertiary/aromatic N) is 2. The Hall–Kier alpha value is -4.45. The first-order valence-corrected chi connectivity index (χ1v) is 14.8. The van der Waals surface area contributed by atoms with Crippen LogP contribution in [0.15, 0.2) is 91.0 Å². The van der Waals surface area contributed by atoms with E-state index in [1.165, 1.54) is 12.1 Å². The lowest BCUT2D eigenvalue weighted by Crippen LogP contribution is -2.43. The van der Waals surface area contributed by atoms with E-state index in [4.69, 9.17) is 0 Å². The highest BCUT2D eigenvalue weighted by molar-refractivity contribution is 5.89. The van der Waals surface area contributed by atoms with Crippen LogP contribution in [0, 0.1) is 5.82 Å². The number of aromatic nitrogens is 1. The molecular formula is C36H35FN2O3. The van der Waals surface area contributed by atoms with Crippen LogP contribution in [-0.4, -0.2) is 32.5 Å². The predicted octanol–water partition coefficient (Wildman–Crippen LogP) is 7.49. The van der Waals surface area contributed by atoms with E-state index in [0.29, 0.717) is 45.1 Å². The quantitative estimate of drug-likeness (QED) is 0.203. The first-order valence-electron chi connectivity index (χ1n) is 14.8. The molecule has 0 saturated heterocycles. The highest BCUT2D eigenvalue weighted by atomic mass is 19.1. The number of fused-ring (bicyclic) bond motifs is 4. The number of carbonyl (C=O) groups excluding carboxylic acids is 1. The molecule has 42 heavy (non-hydrogen) atoms. The van der Waals surface area contributed by atoms with Crippen molar-refractivity contribution >= 4 is 33.6 Å². The van der Waals surface area contributed by atoms with E-state index in [1.807, 2.05) is 64.9 Å².